The SMILES string of the molecule is CC(C)[C@@H](NC(=O)Cn1cnc2c1c(=O)n(C)c(=O)n2C)C(=O)O. The number of fused-ring (bicyclic) bond motifs is 1. The van der Waals surface area contributed by atoms with Gasteiger partial charge in [0.2, 0.25) is 5.91 Å². The van der Waals surface area contributed by atoms with E-state index in [1.807, 2.05) is 0 Å². The van der Waals surface area contributed by atoms with Crippen LogP contribution in [-0.4, -0.2) is 41.7 Å². The Morgan fingerprint density at radius 1 is 1.25 bits per heavy atom. The monoisotopic (exact) mass is 337 g/mol. The fourth-order valence-corrected chi connectivity index (χ4v) is 2.40. The predicted octanol–water partition coefficient (Wildman–Crippen LogP) is -1.34. The molecule has 1 atom stereocenters. The normalized spacial score (nSPS) is 12.5. The van der Waals surface area contributed by atoms with Gasteiger partial charge in [0, 0.05) is 14.1 Å². The van der Waals surface area contributed by atoms with E-state index in [0.29, 0.717) is 0 Å². The lowest BCUT2D eigenvalue weighted by Crippen LogP contribution is -2.45. The third-order valence-corrected chi connectivity index (χ3v) is 3.78. The molecule has 10 nitrogen and oxygen atoms in total. The molecule has 0 spiro atoms. The Hall–Kier alpha value is -2.91. The molecule has 0 fully saturated rings. The summed E-state index contributed by atoms with van der Waals surface area (Å²) in [5, 5.41) is 11.5. The van der Waals surface area contributed by atoms with Gasteiger partial charge in [0.1, 0.15) is 12.6 Å². The maximum absolute atomic E-state index is 12.3. The molecule has 0 saturated carbocycles. The third-order valence-electron chi connectivity index (χ3n) is 3.78. The summed E-state index contributed by atoms with van der Waals surface area (Å²) in [6.45, 7) is 3.08. The molecule has 2 heterocycles. The van der Waals surface area contributed by atoms with E-state index in [9.17, 15) is 19.2 Å². The lowest BCUT2D eigenvalue weighted by atomic mass is 10.1. The second-order valence-electron chi connectivity index (χ2n) is 5.88. The molecule has 0 bridgehead atoms. The average molecular weight is 337 g/mol. The highest BCUT2D eigenvalue weighted by Gasteiger charge is 2.24. The Bertz CT molecular complexity index is 920. The molecule has 24 heavy (non-hydrogen) atoms. The summed E-state index contributed by atoms with van der Waals surface area (Å²) in [4.78, 5) is 51.4. The maximum Gasteiger partial charge on any atom is 0.332 e. The van der Waals surface area contributed by atoms with E-state index in [-0.39, 0.29) is 23.6 Å². The average Bonchev–Trinajstić information content (AvgIpc) is 2.91. The van der Waals surface area contributed by atoms with Crippen LogP contribution in [0.25, 0.3) is 11.2 Å². The lowest BCUT2D eigenvalue weighted by molar-refractivity contribution is -0.143. The summed E-state index contributed by atoms with van der Waals surface area (Å²) < 4.78 is 3.43. The minimum atomic E-state index is -1.13. The standard InChI is InChI=1S/C14H19N5O5/c1-7(2)9(13(22)23)16-8(20)5-19-6-15-11-10(19)12(21)18(4)14(24)17(11)3/h6-7,9H,5H2,1-4H3,(H,16,20)(H,22,23)/t9-/m1/s1. The van der Waals surface area contributed by atoms with Gasteiger partial charge in [-0.3, -0.25) is 18.7 Å². The number of nitrogens with one attached hydrogen (secondary N) is 1. The van der Waals surface area contributed by atoms with E-state index < -0.39 is 29.2 Å². The Balaban J connectivity index is 2.38. The number of carboxylic acid groups (broad SMARTS) is 1. The van der Waals surface area contributed by atoms with Crippen LogP contribution in [0.2, 0.25) is 0 Å². The fraction of sp³-hybridized carbons (Fsp3) is 0.500. The second-order valence-corrected chi connectivity index (χ2v) is 5.88. The molecule has 0 unspecified atom stereocenters. The second kappa shape index (κ2) is 6.30. The van der Waals surface area contributed by atoms with Gasteiger partial charge in [-0.05, 0) is 5.92 Å². The molecule has 2 rings (SSSR count). The quantitative estimate of drug-likeness (QED) is 0.695. The van der Waals surface area contributed by atoms with Crippen LogP contribution in [0.15, 0.2) is 15.9 Å². The first-order valence-electron chi connectivity index (χ1n) is 7.28. The number of nitrogens with zero attached hydrogens (tertiary/aromatic N) is 4. The van der Waals surface area contributed by atoms with Crippen LogP contribution in [0, 0.1) is 5.92 Å². The topological polar surface area (TPSA) is 128 Å². The van der Waals surface area contributed by atoms with Gasteiger partial charge in [-0.25, -0.2) is 14.6 Å². The molecule has 0 radical (unpaired) electrons. The summed E-state index contributed by atoms with van der Waals surface area (Å²) in [6, 6.07) is -1.03. The van der Waals surface area contributed by atoms with Gasteiger partial charge in [0.05, 0.1) is 6.33 Å². The highest BCUT2D eigenvalue weighted by atomic mass is 16.4. The van der Waals surface area contributed by atoms with Crippen molar-refractivity contribution in [1.29, 1.82) is 0 Å². The first-order chi connectivity index (χ1) is 11.1. The zero-order valence-electron chi connectivity index (χ0n) is 13.8. The molecule has 2 aromatic heterocycles. The van der Waals surface area contributed by atoms with Crippen LogP contribution < -0.4 is 16.6 Å². The number of amides is 1. The van der Waals surface area contributed by atoms with Gasteiger partial charge in [-0.1, -0.05) is 13.8 Å². The van der Waals surface area contributed by atoms with Crippen LogP contribution >= 0.6 is 0 Å². The number of hydrogen-bond donors (Lipinski definition) is 2. The van der Waals surface area contributed by atoms with Crippen molar-refractivity contribution in [2.24, 2.45) is 20.0 Å². The largest absolute Gasteiger partial charge is 0.480 e. The first kappa shape index (κ1) is 17.4. The number of hydrogen-bond acceptors (Lipinski definition) is 5. The first-order valence-corrected chi connectivity index (χ1v) is 7.28. The van der Waals surface area contributed by atoms with E-state index in [1.54, 1.807) is 13.8 Å². The van der Waals surface area contributed by atoms with E-state index >= 15 is 0 Å². The number of aromatic nitrogens is 4. The lowest BCUT2D eigenvalue weighted by Gasteiger charge is -2.18. The van der Waals surface area contributed by atoms with E-state index in [1.165, 1.54) is 29.6 Å². The minimum absolute atomic E-state index is 0.103. The van der Waals surface area contributed by atoms with Crippen molar-refractivity contribution in [3.8, 4) is 0 Å². The van der Waals surface area contributed by atoms with Crippen molar-refractivity contribution in [1.82, 2.24) is 24.0 Å². The summed E-state index contributed by atoms with van der Waals surface area (Å²) in [5.74, 6) is -1.99. The zero-order valence-corrected chi connectivity index (χ0v) is 13.8. The maximum atomic E-state index is 12.3. The fourth-order valence-electron chi connectivity index (χ4n) is 2.40. The number of carbonyl (C=O) groups excluding carboxylic acids is 1. The van der Waals surface area contributed by atoms with Gasteiger partial charge < -0.3 is 15.0 Å². The van der Waals surface area contributed by atoms with Crippen LogP contribution in [0.3, 0.4) is 0 Å². The molecular formula is C14H19N5O5. The van der Waals surface area contributed by atoms with Crippen molar-refractivity contribution in [2.45, 2.75) is 26.4 Å². The molecule has 0 aliphatic rings. The van der Waals surface area contributed by atoms with Crippen molar-refractivity contribution in [2.75, 3.05) is 0 Å². The van der Waals surface area contributed by atoms with Crippen LogP contribution in [0.4, 0.5) is 0 Å². The van der Waals surface area contributed by atoms with Crippen molar-refractivity contribution in [3.63, 3.8) is 0 Å². The Labute approximate surface area is 136 Å². The molecule has 130 valence electrons. The number of carboxylic acids is 1. The van der Waals surface area contributed by atoms with Gasteiger partial charge in [0.15, 0.2) is 11.2 Å². The van der Waals surface area contributed by atoms with Gasteiger partial charge in [0.25, 0.3) is 5.56 Å². The van der Waals surface area contributed by atoms with Gasteiger partial charge >= 0.3 is 11.7 Å². The molecule has 0 aromatic carbocycles. The van der Waals surface area contributed by atoms with Crippen molar-refractivity contribution < 1.29 is 14.7 Å². The molecule has 1 amide bonds. The van der Waals surface area contributed by atoms with Crippen LogP contribution in [0.1, 0.15) is 13.8 Å². The Kier molecular flexibility index (Phi) is 4.58. The van der Waals surface area contributed by atoms with Crippen LogP contribution in [0.5, 0.6) is 0 Å². The number of imidazole rings is 1. The zero-order chi connectivity index (χ0) is 18.2. The summed E-state index contributed by atoms with van der Waals surface area (Å²) in [6.07, 6.45) is 1.27. The molecule has 2 N–H and O–H groups in total. The smallest absolute Gasteiger partial charge is 0.332 e. The van der Waals surface area contributed by atoms with Gasteiger partial charge in [-0.2, -0.15) is 0 Å². The van der Waals surface area contributed by atoms with Gasteiger partial charge in [-0.15, -0.1) is 0 Å². The molecule has 0 aliphatic heterocycles. The summed E-state index contributed by atoms with van der Waals surface area (Å²) >= 11 is 0. The molecule has 10 heteroatoms. The number of rotatable bonds is 5. The Morgan fingerprint density at radius 3 is 2.42 bits per heavy atom. The highest BCUT2D eigenvalue weighted by Crippen LogP contribution is 2.06. The number of aliphatic carboxylic acids is 1. The van der Waals surface area contributed by atoms with Crippen molar-refractivity contribution >= 4 is 23.0 Å². The summed E-state index contributed by atoms with van der Waals surface area (Å²) in [7, 11) is 2.81. The molecule has 0 aliphatic carbocycles. The summed E-state index contributed by atoms with van der Waals surface area (Å²) in [5.41, 5.74) is -0.828. The van der Waals surface area contributed by atoms with E-state index in [4.69, 9.17) is 5.11 Å². The number of carbonyl (C=O) groups is 2. The molecule has 0 saturated heterocycles. The highest BCUT2D eigenvalue weighted by molar-refractivity contribution is 5.84. The van der Waals surface area contributed by atoms with E-state index in [0.717, 1.165) is 4.57 Å². The Morgan fingerprint density at radius 2 is 1.88 bits per heavy atom. The van der Waals surface area contributed by atoms with Crippen molar-refractivity contribution in [3.05, 3.63) is 27.2 Å². The molecular weight excluding hydrogens is 318 g/mol. The third kappa shape index (κ3) is 2.94. The molecule has 2 aromatic rings. The predicted molar refractivity (Wildman–Crippen MR) is 84.6 cm³/mol. The van der Waals surface area contributed by atoms with E-state index in [2.05, 4.69) is 10.3 Å². The van der Waals surface area contributed by atoms with Crippen LogP contribution in [-0.2, 0) is 30.2 Å². The minimum Gasteiger partial charge on any atom is -0.480 e. The number of aryl methyl sites for hydroxylation is 1.